The third-order valence-corrected chi connectivity index (χ3v) is 5.59. The first-order valence-corrected chi connectivity index (χ1v) is 9.15. The van der Waals surface area contributed by atoms with E-state index in [-0.39, 0.29) is 0 Å². The van der Waals surface area contributed by atoms with Gasteiger partial charge in [-0.1, -0.05) is 28.3 Å². The van der Waals surface area contributed by atoms with Crippen LogP contribution in [-0.4, -0.2) is 44.0 Å². The van der Waals surface area contributed by atoms with Gasteiger partial charge in [0.15, 0.2) is 4.34 Å². The molecule has 1 atom stereocenters. The van der Waals surface area contributed by atoms with E-state index in [9.17, 15) is 0 Å². The second-order valence-corrected chi connectivity index (χ2v) is 7.76. The molecule has 2 aromatic rings. The summed E-state index contributed by atoms with van der Waals surface area (Å²) in [6.45, 7) is 5.06. The molecule has 6 nitrogen and oxygen atoms in total. The van der Waals surface area contributed by atoms with Crippen LogP contribution in [0.5, 0.6) is 0 Å². The molecule has 1 aliphatic heterocycles. The van der Waals surface area contributed by atoms with Gasteiger partial charge in [0.25, 0.3) is 0 Å². The second kappa shape index (κ2) is 7.33. The van der Waals surface area contributed by atoms with Crippen LogP contribution in [0.15, 0.2) is 10.5 Å². The molecule has 0 spiro atoms. The normalized spacial score (nSPS) is 19.0. The average Bonchev–Trinajstić information content (AvgIpc) is 3.14. The molecule has 0 radical (unpaired) electrons. The summed E-state index contributed by atoms with van der Waals surface area (Å²) in [5, 5.41) is 21.2. The Bertz CT molecular complexity index is 561. The van der Waals surface area contributed by atoms with Crippen molar-refractivity contribution in [1.29, 1.82) is 0 Å². The minimum Gasteiger partial charge on any atom is -0.316 e. The Kier molecular flexibility index (Phi) is 5.21. The van der Waals surface area contributed by atoms with Crippen LogP contribution >= 0.6 is 23.1 Å². The van der Waals surface area contributed by atoms with Gasteiger partial charge in [-0.25, -0.2) is 0 Å². The largest absolute Gasteiger partial charge is 0.316 e. The smallest absolute Gasteiger partial charge is 0.174 e. The Morgan fingerprint density at radius 3 is 3.14 bits per heavy atom. The average molecular weight is 324 g/mol. The Balaban J connectivity index is 1.42. The minimum absolute atomic E-state index is 0.534. The van der Waals surface area contributed by atoms with E-state index in [1.54, 1.807) is 23.1 Å². The number of aryl methyl sites for hydroxylation is 2. The van der Waals surface area contributed by atoms with E-state index in [0.717, 1.165) is 46.8 Å². The zero-order chi connectivity index (χ0) is 14.5. The van der Waals surface area contributed by atoms with E-state index in [4.69, 9.17) is 0 Å². The second-order valence-electron chi connectivity index (χ2n) is 5.24. The number of hydrogen-bond acceptors (Lipinski definition) is 7. The van der Waals surface area contributed by atoms with Crippen LogP contribution in [0.3, 0.4) is 0 Å². The first-order valence-electron chi connectivity index (χ1n) is 7.35. The van der Waals surface area contributed by atoms with Gasteiger partial charge in [-0.3, -0.25) is 4.68 Å². The molecule has 1 N–H and O–H groups in total. The van der Waals surface area contributed by atoms with Gasteiger partial charge in [0.05, 0.1) is 5.69 Å². The topological polar surface area (TPSA) is 68.5 Å². The maximum absolute atomic E-state index is 4.33. The first-order chi connectivity index (χ1) is 10.3. The highest BCUT2D eigenvalue weighted by atomic mass is 32.2. The molecule has 3 rings (SSSR count). The summed E-state index contributed by atoms with van der Waals surface area (Å²) >= 11 is 3.42. The van der Waals surface area contributed by atoms with E-state index < -0.39 is 0 Å². The number of nitrogens with one attached hydrogen (secondary N) is 1. The molecule has 0 aliphatic carbocycles. The fraction of sp³-hybridized carbons (Fsp3) is 0.692. The van der Waals surface area contributed by atoms with Gasteiger partial charge in [-0.15, -0.1) is 15.3 Å². The fourth-order valence-electron chi connectivity index (χ4n) is 2.44. The van der Waals surface area contributed by atoms with Crippen molar-refractivity contribution in [2.45, 2.75) is 43.0 Å². The summed E-state index contributed by atoms with van der Waals surface area (Å²) in [5.41, 5.74) is 1.13. The molecule has 1 fully saturated rings. The van der Waals surface area contributed by atoms with Crippen molar-refractivity contribution in [3.05, 3.63) is 16.9 Å². The molecule has 21 heavy (non-hydrogen) atoms. The van der Waals surface area contributed by atoms with Crippen molar-refractivity contribution >= 4 is 23.1 Å². The van der Waals surface area contributed by atoms with Crippen molar-refractivity contribution in [3.8, 4) is 0 Å². The molecule has 2 aromatic heterocycles. The van der Waals surface area contributed by atoms with E-state index in [0.29, 0.717) is 5.92 Å². The SMILES string of the molecule is Cc1nnc(SCCCn2cc(C3CCCNC3)nn2)s1. The Morgan fingerprint density at radius 1 is 1.43 bits per heavy atom. The van der Waals surface area contributed by atoms with Crippen LogP contribution in [0.2, 0.25) is 0 Å². The third kappa shape index (κ3) is 4.24. The van der Waals surface area contributed by atoms with Gasteiger partial charge in [0, 0.05) is 31.0 Å². The number of thioether (sulfide) groups is 1. The predicted octanol–water partition coefficient (Wildman–Crippen LogP) is 2.09. The number of piperidine rings is 1. The monoisotopic (exact) mass is 324 g/mol. The van der Waals surface area contributed by atoms with Gasteiger partial charge in [-0.05, 0) is 32.7 Å². The minimum atomic E-state index is 0.534. The summed E-state index contributed by atoms with van der Waals surface area (Å²) in [4.78, 5) is 0. The summed E-state index contributed by atoms with van der Waals surface area (Å²) < 4.78 is 3.02. The first kappa shape index (κ1) is 14.9. The third-order valence-electron chi connectivity index (χ3n) is 3.54. The summed E-state index contributed by atoms with van der Waals surface area (Å²) in [5.74, 6) is 1.57. The zero-order valence-electron chi connectivity index (χ0n) is 12.2. The molecule has 1 saturated heterocycles. The van der Waals surface area contributed by atoms with Gasteiger partial charge in [0.2, 0.25) is 0 Å². The van der Waals surface area contributed by atoms with Crippen molar-refractivity contribution in [2.75, 3.05) is 18.8 Å². The molecular weight excluding hydrogens is 304 g/mol. The van der Waals surface area contributed by atoms with Gasteiger partial charge in [-0.2, -0.15) is 0 Å². The number of aromatic nitrogens is 5. The lowest BCUT2D eigenvalue weighted by molar-refractivity contribution is 0.454. The van der Waals surface area contributed by atoms with Crippen LogP contribution in [0.1, 0.15) is 35.9 Å². The molecule has 0 amide bonds. The maximum atomic E-state index is 4.33. The molecule has 0 bridgehead atoms. The Hall–Kier alpha value is -0.990. The molecule has 1 aliphatic rings. The lowest BCUT2D eigenvalue weighted by atomic mass is 9.97. The van der Waals surface area contributed by atoms with E-state index in [1.165, 1.54) is 12.8 Å². The predicted molar refractivity (Wildman–Crippen MR) is 84.9 cm³/mol. The summed E-state index contributed by atoms with van der Waals surface area (Å²) in [7, 11) is 0. The quantitative estimate of drug-likeness (QED) is 0.648. The molecule has 114 valence electrons. The van der Waals surface area contributed by atoms with E-state index in [1.807, 2.05) is 11.6 Å². The molecule has 0 aromatic carbocycles. The van der Waals surface area contributed by atoms with Gasteiger partial charge < -0.3 is 5.32 Å². The number of hydrogen-bond donors (Lipinski definition) is 1. The molecule has 1 unspecified atom stereocenters. The van der Waals surface area contributed by atoms with Crippen molar-refractivity contribution in [2.24, 2.45) is 0 Å². The Labute approximate surface area is 132 Å². The van der Waals surface area contributed by atoms with E-state index >= 15 is 0 Å². The van der Waals surface area contributed by atoms with Crippen LogP contribution < -0.4 is 5.32 Å². The highest BCUT2D eigenvalue weighted by Crippen LogP contribution is 2.23. The zero-order valence-corrected chi connectivity index (χ0v) is 13.8. The molecular formula is C13H20N6S2. The van der Waals surface area contributed by atoms with Gasteiger partial charge >= 0.3 is 0 Å². The van der Waals surface area contributed by atoms with Crippen molar-refractivity contribution in [1.82, 2.24) is 30.5 Å². The van der Waals surface area contributed by atoms with Crippen LogP contribution in [0.4, 0.5) is 0 Å². The standard InChI is InChI=1S/C13H20N6S2/c1-10-15-17-13(21-10)20-7-3-6-19-9-12(16-18-19)11-4-2-5-14-8-11/h9,11,14H,2-8H2,1H3. The van der Waals surface area contributed by atoms with E-state index in [2.05, 4.69) is 32.0 Å². The van der Waals surface area contributed by atoms with Gasteiger partial charge in [0.1, 0.15) is 5.01 Å². The Morgan fingerprint density at radius 2 is 2.38 bits per heavy atom. The highest BCUT2D eigenvalue weighted by molar-refractivity contribution is 8.01. The molecule has 8 heteroatoms. The fourth-order valence-corrected chi connectivity index (χ4v) is 4.25. The van der Waals surface area contributed by atoms with Crippen molar-refractivity contribution in [3.63, 3.8) is 0 Å². The summed E-state index contributed by atoms with van der Waals surface area (Å²) in [6.07, 6.45) is 5.62. The van der Waals surface area contributed by atoms with Crippen molar-refractivity contribution < 1.29 is 0 Å². The lowest BCUT2D eigenvalue weighted by Crippen LogP contribution is -2.28. The van der Waals surface area contributed by atoms with Crippen LogP contribution in [0.25, 0.3) is 0 Å². The number of rotatable bonds is 6. The highest BCUT2D eigenvalue weighted by Gasteiger charge is 2.18. The number of nitrogens with zero attached hydrogens (tertiary/aromatic N) is 5. The molecule has 0 saturated carbocycles. The maximum Gasteiger partial charge on any atom is 0.174 e. The summed E-state index contributed by atoms with van der Waals surface area (Å²) in [6, 6.07) is 0. The molecule has 3 heterocycles. The van der Waals surface area contributed by atoms with Crippen LogP contribution in [0, 0.1) is 6.92 Å². The lowest BCUT2D eigenvalue weighted by Gasteiger charge is -2.20. The van der Waals surface area contributed by atoms with Crippen LogP contribution in [-0.2, 0) is 6.54 Å².